The Labute approximate surface area is 160 Å². The lowest BCUT2D eigenvalue weighted by Gasteiger charge is -2.08. The van der Waals surface area contributed by atoms with Crippen LogP contribution in [-0.2, 0) is 15.7 Å². The number of carbonyl (C=O) groups is 2. The standard InChI is InChI=1S/C21H19F3O4/c1-2-28-20(27)12-11-18(25)13-19(26)16-5-3-14(4-6-16)15-7-9-17(10-8-15)21(22,23)24/h3-10,13,25H,2,11-12H2,1H3/b18-13-. The van der Waals surface area contributed by atoms with E-state index in [0.29, 0.717) is 16.7 Å². The molecule has 0 fully saturated rings. The van der Waals surface area contributed by atoms with Crippen LogP contribution in [0.15, 0.2) is 60.4 Å². The lowest BCUT2D eigenvalue weighted by molar-refractivity contribution is -0.143. The molecule has 0 amide bonds. The van der Waals surface area contributed by atoms with Crippen LogP contribution in [-0.4, -0.2) is 23.5 Å². The van der Waals surface area contributed by atoms with Gasteiger partial charge in [0, 0.05) is 18.1 Å². The average molecular weight is 392 g/mol. The molecule has 0 heterocycles. The molecule has 28 heavy (non-hydrogen) atoms. The molecule has 0 unspecified atom stereocenters. The Morgan fingerprint density at radius 3 is 2.00 bits per heavy atom. The van der Waals surface area contributed by atoms with Crippen molar-refractivity contribution < 1.29 is 32.6 Å². The summed E-state index contributed by atoms with van der Waals surface area (Å²) in [5.74, 6) is -1.14. The third-order valence-corrected chi connectivity index (χ3v) is 3.90. The van der Waals surface area contributed by atoms with E-state index >= 15 is 0 Å². The van der Waals surface area contributed by atoms with E-state index in [1.807, 2.05) is 0 Å². The van der Waals surface area contributed by atoms with Crippen molar-refractivity contribution in [1.82, 2.24) is 0 Å². The molecule has 0 aliphatic heterocycles. The molecule has 0 radical (unpaired) electrons. The molecule has 0 spiro atoms. The number of benzene rings is 2. The first-order chi connectivity index (χ1) is 13.2. The molecule has 0 bridgehead atoms. The molecule has 0 saturated carbocycles. The zero-order chi connectivity index (χ0) is 20.7. The maximum absolute atomic E-state index is 12.6. The number of alkyl halides is 3. The van der Waals surface area contributed by atoms with E-state index < -0.39 is 23.5 Å². The van der Waals surface area contributed by atoms with E-state index in [1.54, 1.807) is 19.1 Å². The van der Waals surface area contributed by atoms with Crippen molar-refractivity contribution in [2.45, 2.75) is 25.9 Å². The Hall–Kier alpha value is -3.09. The number of hydrogen-bond donors (Lipinski definition) is 1. The lowest BCUT2D eigenvalue weighted by Crippen LogP contribution is -2.04. The van der Waals surface area contributed by atoms with Gasteiger partial charge in [-0.1, -0.05) is 36.4 Å². The van der Waals surface area contributed by atoms with E-state index in [4.69, 9.17) is 4.74 Å². The number of esters is 1. The van der Waals surface area contributed by atoms with Crippen LogP contribution in [0.3, 0.4) is 0 Å². The van der Waals surface area contributed by atoms with Gasteiger partial charge in [0.25, 0.3) is 0 Å². The molecule has 1 N–H and O–H groups in total. The SMILES string of the molecule is CCOC(=O)CC/C(O)=C/C(=O)c1ccc(-c2ccc(C(F)(F)F)cc2)cc1. The fourth-order valence-corrected chi connectivity index (χ4v) is 2.45. The molecule has 0 atom stereocenters. The molecular weight excluding hydrogens is 373 g/mol. The zero-order valence-corrected chi connectivity index (χ0v) is 15.1. The molecule has 4 nitrogen and oxygen atoms in total. The van der Waals surface area contributed by atoms with Gasteiger partial charge in [0.1, 0.15) is 0 Å². The largest absolute Gasteiger partial charge is 0.512 e. The van der Waals surface area contributed by atoms with E-state index in [9.17, 15) is 27.9 Å². The Bertz CT molecular complexity index is 851. The van der Waals surface area contributed by atoms with Crippen molar-refractivity contribution in [3.63, 3.8) is 0 Å². The quantitative estimate of drug-likeness (QED) is 0.299. The predicted molar refractivity (Wildman–Crippen MR) is 97.8 cm³/mol. The van der Waals surface area contributed by atoms with Crippen molar-refractivity contribution in [3.05, 3.63) is 71.5 Å². The van der Waals surface area contributed by atoms with Crippen LogP contribution in [0.1, 0.15) is 35.7 Å². The highest BCUT2D eigenvalue weighted by atomic mass is 19.4. The number of allylic oxidation sites excluding steroid dienone is 2. The first-order valence-electron chi connectivity index (χ1n) is 8.58. The second-order valence-electron chi connectivity index (χ2n) is 5.96. The van der Waals surface area contributed by atoms with Gasteiger partial charge in [-0.2, -0.15) is 13.2 Å². The fourth-order valence-electron chi connectivity index (χ4n) is 2.45. The molecule has 0 aliphatic rings. The number of halogens is 3. The second-order valence-corrected chi connectivity index (χ2v) is 5.96. The van der Waals surface area contributed by atoms with Gasteiger partial charge in [-0.15, -0.1) is 0 Å². The monoisotopic (exact) mass is 392 g/mol. The van der Waals surface area contributed by atoms with Gasteiger partial charge in [-0.05, 0) is 30.2 Å². The molecular formula is C21H19F3O4. The maximum atomic E-state index is 12.6. The van der Waals surface area contributed by atoms with Crippen LogP contribution in [0.2, 0.25) is 0 Å². The first-order valence-corrected chi connectivity index (χ1v) is 8.58. The van der Waals surface area contributed by atoms with E-state index in [-0.39, 0.29) is 25.2 Å². The number of rotatable bonds is 7. The summed E-state index contributed by atoms with van der Waals surface area (Å²) in [5.41, 5.74) is 0.811. The molecule has 2 aromatic carbocycles. The Morgan fingerprint density at radius 1 is 0.964 bits per heavy atom. The average Bonchev–Trinajstić information content (AvgIpc) is 2.66. The van der Waals surface area contributed by atoms with Gasteiger partial charge >= 0.3 is 12.1 Å². The number of carbonyl (C=O) groups excluding carboxylic acids is 2. The molecule has 2 aromatic rings. The third kappa shape index (κ3) is 5.97. The highest BCUT2D eigenvalue weighted by molar-refractivity contribution is 6.05. The van der Waals surface area contributed by atoms with Crippen molar-refractivity contribution in [1.29, 1.82) is 0 Å². The van der Waals surface area contributed by atoms with Gasteiger partial charge in [0.2, 0.25) is 0 Å². The van der Waals surface area contributed by atoms with Gasteiger partial charge in [0.15, 0.2) is 5.78 Å². The Balaban J connectivity index is 2.04. The molecule has 0 saturated heterocycles. The number of aliphatic hydroxyl groups excluding tert-OH is 1. The fraction of sp³-hybridized carbons (Fsp3) is 0.238. The lowest BCUT2D eigenvalue weighted by atomic mass is 10.0. The highest BCUT2D eigenvalue weighted by Gasteiger charge is 2.29. The summed E-state index contributed by atoms with van der Waals surface area (Å²) >= 11 is 0. The summed E-state index contributed by atoms with van der Waals surface area (Å²) in [6, 6.07) is 11.0. The summed E-state index contributed by atoms with van der Waals surface area (Å²) in [7, 11) is 0. The van der Waals surface area contributed by atoms with E-state index in [2.05, 4.69) is 0 Å². The van der Waals surface area contributed by atoms with Crippen LogP contribution in [0.25, 0.3) is 11.1 Å². The Kier molecular flexibility index (Phi) is 6.98. The van der Waals surface area contributed by atoms with Crippen molar-refractivity contribution in [3.8, 4) is 11.1 Å². The van der Waals surface area contributed by atoms with Crippen LogP contribution < -0.4 is 0 Å². The molecule has 0 aliphatic carbocycles. The molecule has 0 aromatic heterocycles. The Morgan fingerprint density at radius 2 is 1.50 bits per heavy atom. The van der Waals surface area contributed by atoms with Gasteiger partial charge in [-0.25, -0.2) is 0 Å². The minimum Gasteiger partial charge on any atom is -0.512 e. The minimum absolute atomic E-state index is 0.00574. The smallest absolute Gasteiger partial charge is 0.416 e. The normalized spacial score (nSPS) is 11.9. The summed E-state index contributed by atoms with van der Waals surface area (Å²) in [4.78, 5) is 23.4. The van der Waals surface area contributed by atoms with Gasteiger partial charge < -0.3 is 9.84 Å². The van der Waals surface area contributed by atoms with Crippen molar-refractivity contribution in [2.24, 2.45) is 0 Å². The van der Waals surface area contributed by atoms with Crippen LogP contribution >= 0.6 is 0 Å². The van der Waals surface area contributed by atoms with Crippen LogP contribution in [0, 0.1) is 0 Å². The topological polar surface area (TPSA) is 63.6 Å². The summed E-state index contributed by atoms with van der Waals surface area (Å²) < 4.78 is 42.6. The van der Waals surface area contributed by atoms with Crippen LogP contribution in [0.5, 0.6) is 0 Å². The number of ketones is 1. The summed E-state index contributed by atoms with van der Waals surface area (Å²) in [5, 5.41) is 9.76. The number of hydrogen-bond acceptors (Lipinski definition) is 4. The van der Waals surface area contributed by atoms with Crippen molar-refractivity contribution in [2.75, 3.05) is 6.61 Å². The second kappa shape index (κ2) is 9.21. The van der Waals surface area contributed by atoms with Gasteiger partial charge in [-0.3, -0.25) is 9.59 Å². The van der Waals surface area contributed by atoms with E-state index in [0.717, 1.165) is 18.2 Å². The summed E-state index contributed by atoms with van der Waals surface area (Å²) in [6.45, 7) is 1.92. The number of aliphatic hydroxyl groups is 1. The molecule has 148 valence electrons. The number of ether oxygens (including phenoxy) is 1. The molecule has 2 rings (SSSR count). The molecule has 7 heteroatoms. The minimum atomic E-state index is -4.39. The predicted octanol–water partition coefficient (Wildman–Crippen LogP) is 5.34. The highest BCUT2D eigenvalue weighted by Crippen LogP contribution is 2.31. The zero-order valence-electron chi connectivity index (χ0n) is 15.1. The van der Waals surface area contributed by atoms with Gasteiger partial charge in [0.05, 0.1) is 24.4 Å². The van der Waals surface area contributed by atoms with Crippen molar-refractivity contribution >= 4 is 11.8 Å². The van der Waals surface area contributed by atoms with Crippen LogP contribution in [0.4, 0.5) is 13.2 Å². The first kappa shape index (κ1) is 21.2. The van der Waals surface area contributed by atoms with E-state index in [1.165, 1.54) is 24.3 Å². The summed E-state index contributed by atoms with van der Waals surface area (Å²) in [6.07, 6.45) is -3.40. The maximum Gasteiger partial charge on any atom is 0.416 e. The third-order valence-electron chi connectivity index (χ3n) is 3.90.